The molecular weight excluding hydrogens is 248 g/mol. The summed E-state index contributed by atoms with van der Waals surface area (Å²) in [6.45, 7) is 2.05. The van der Waals surface area contributed by atoms with Gasteiger partial charge in [-0.05, 0) is 25.3 Å². The molecule has 0 aromatic heterocycles. The Morgan fingerprint density at radius 2 is 1.94 bits per heavy atom. The van der Waals surface area contributed by atoms with E-state index in [2.05, 4.69) is 25.1 Å². The number of benzene rings is 1. The van der Waals surface area contributed by atoms with E-state index in [1.807, 2.05) is 6.07 Å². The Hall–Kier alpha value is -0.870. The highest BCUT2D eigenvalue weighted by atomic mass is 32.2. The largest absolute Gasteiger partial charge is 0.266 e. The highest BCUT2D eigenvalue weighted by Crippen LogP contribution is 2.35. The first kappa shape index (κ1) is 13.6. The minimum atomic E-state index is -3.37. The SMILES string of the molecule is Cc1cccc([C@H]2CCCC[C@@H]2OS(C)(=O)=O)c1. The molecule has 0 radical (unpaired) electrons. The molecule has 1 aromatic carbocycles. The fraction of sp³-hybridized carbons (Fsp3) is 0.571. The predicted molar refractivity (Wildman–Crippen MR) is 72.1 cm³/mol. The van der Waals surface area contributed by atoms with Gasteiger partial charge >= 0.3 is 0 Å². The van der Waals surface area contributed by atoms with Gasteiger partial charge in [0.25, 0.3) is 10.1 Å². The lowest BCUT2D eigenvalue weighted by Crippen LogP contribution is -2.28. The summed E-state index contributed by atoms with van der Waals surface area (Å²) < 4.78 is 27.9. The van der Waals surface area contributed by atoms with E-state index in [0.717, 1.165) is 31.9 Å². The van der Waals surface area contributed by atoms with E-state index in [1.54, 1.807) is 0 Å². The van der Waals surface area contributed by atoms with Gasteiger partial charge in [0.1, 0.15) is 0 Å². The summed E-state index contributed by atoms with van der Waals surface area (Å²) in [7, 11) is -3.37. The van der Waals surface area contributed by atoms with Crippen LogP contribution in [-0.4, -0.2) is 20.8 Å². The molecule has 1 aromatic rings. The molecule has 1 saturated carbocycles. The molecule has 1 aliphatic carbocycles. The van der Waals surface area contributed by atoms with Crippen LogP contribution >= 0.6 is 0 Å². The number of hydrogen-bond acceptors (Lipinski definition) is 3. The Labute approximate surface area is 109 Å². The molecule has 0 saturated heterocycles. The molecule has 100 valence electrons. The predicted octanol–water partition coefficient (Wildman–Crippen LogP) is 3.00. The minimum absolute atomic E-state index is 0.199. The highest BCUT2D eigenvalue weighted by Gasteiger charge is 2.29. The van der Waals surface area contributed by atoms with Crippen LogP contribution in [0.3, 0.4) is 0 Å². The Kier molecular flexibility index (Phi) is 4.07. The third-order valence-electron chi connectivity index (χ3n) is 3.47. The first-order valence-corrected chi connectivity index (χ1v) is 8.22. The maximum atomic E-state index is 11.3. The van der Waals surface area contributed by atoms with Gasteiger partial charge < -0.3 is 0 Å². The zero-order valence-corrected chi connectivity index (χ0v) is 11.7. The van der Waals surface area contributed by atoms with Crippen molar-refractivity contribution < 1.29 is 12.6 Å². The van der Waals surface area contributed by atoms with E-state index in [-0.39, 0.29) is 12.0 Å². The number of aryl methyl sites for hydroxylation is 1. The van der Waals surface area contributed by atoms with E-state index in [4.69, 9.17) is 4.18 Å². The minimum Gasteiger partial charge on any atom is -0.266 e. The van der Waals surface area contributed by atoms with Crippen LogP contribution in [0.5, 0.6) is 0 Å². The van der Waals surface area contributed by atoms with Crippen LogP contribution in [0.15, 0.2) is 24.3 Å². The van der Waals surface area contributed by atoms with E-state index in [9.17, 15) is 8.42 Å². The number of hydrogen-bond donors (Lipinski definition) is 0. The average Bonchev–Trinajstić information content (AvgIpc) is 2.27. The maximum absolute atomic E-state index is 11.3. The van der Waals surface area contributed by atoms with Crippen molar-refractivity contribution in [2.75, 3.05) is 6.26 Å². The van der Waals surface area contributed by atoms with Crippen molar-refractivity contribution in [1.82, 2.24) is 0 Å². The summed E-state index contributed by atoms with van der Waals surface area (Å²) in [6.07, 6.45) is 4.95. The normalized spacial score (nSPS) is 25.0. The van der Waals surface area contributed by atoms with Gasteiger partial charge in [-0.1, -0.05) is 42.7 Å². The lowest BCUT2D eigenvalue weighted by molar-refractivity contribution is 0.138. The molecular formula is C14H20O3S. The third-order valence-corrected chi connectivity index (χ3v) is 4.07. The quantitative estimate of drug-likeness (QED) is 0.791. The van der Waals surface area contributed by atoms with Crippen LogP contribution in [0.25, 0.3) is 0 Å². The maximum Gasteiger partial charge on any atom is 0.264 e. The molecule has 2 atom stereocenters. The summed E-state index contributed by atoms with van der Waals surface area (Å²) >= 11 is 0. The number of rotatable bonds is 3. The molecule has 0 N–H and O–H groups in total. The first-order chi connectivity index (χ1) is 8.46. The molecule has 1 fully saturated rings. The van der Waals surface area contributed by atoms with Crippen molar-refractivity contribution in [3.63, 3.8) is 0 Å². The fourth-order valence-corrected chi connectivity index (χ4v) is 3.40. The van der Waals surface area contributed by atoms with Gasteiger partial charge in [0.05, 0.1) is 12.4 Å². The lowest BCUT2D eigenvalue weighted by atomic mass is 9.81. The fourth-order valence-electron chi connectivity index (χ4n) is 2.72. The summed E-state index contributed by atoms with van der Waals surface area (Å²) in [6, 6.07) is 8.28. The van der Waals surface area contributed by atoms with E-state index >= 15 is 0 Å². The second-order valence-electron chi connectivity index (χ2n) is 5.14. The van der Waals surface area contributed by atoms with Gasteiger partial charge in [0.15, 0.2) is 0 Å². The Bertz CT molecular complexity index is 508. The molecule has 0 spiro atoms. The molecule has 3 nitrogen and oxygen atoms in total. The molecule has 0 bridgehead atoms. The molecule has 0 heterocycles. The van der Waals surface area contributed by atoms with Gasteiger partial charge in [0, 0.05) is 5.92 Å². The average molecular weight is 268 g/mol. The molecule has 2 rings (SSSR count). The zero-order chi connectivity index (χ0) is 13.2. The summed E-state index contributed by atoms with van der Waals surface area (Å²) in [4.78, 5) is 0. The van der Waals surface area contributed by atoms with Crippen molar-refractivity contribution >= 4 is 10.1 Å². The van der Waals surface area contributed by atoms with Crippen LogP contribution in [0, 0.1) is 6.92 Å². The van der Waals surface area contributed by atoms with E-state index in [1.165, 1.54) is 11.1 Å². The van der Waals surface area contributed by atoms with Gasteiger partial charge in [-0.25, -0.2) is 0 Å². The second-order valence-corrected chi connectivity index (χ2v) is 6.74. The van der Waals surface area contributed by atoms with Gasteiger partial charge in [-0.2, -0.15) is 8.42 Å². The van der Waals surface area contributed by atoms with Crippen LogP contribution in [0.2, 0.25) is 0 Å². The third kappa shape index (κ3) is 3.56. The van der Waals surface area contributed by atoms with Crippen molar-refractivity contribution in [2.45, 2.75) is 44.6 Å². The van der Waals surface area contributed by atoms with Gasteiger partial charge in [0.2, 0.25) is 0 Å². The summed E-state index contributed by atoms with van der Waals surface area (Å²) in [5.41, 5.74) is 2.40. The highest BCUT2D eigenvalue weighted by molar-refractivity contribution is 7.86. The smallest absolute Gasteiger partial charge is 0.264 e. The van der Waals surface area contributed by atoms with Crippen LogP contribution in [0.4, 0.5) is 0 Å². The lowest BCUT2D eigenvalue weighted by Gasteiger charge is -2.31. The van der Waals surface area contributed by atoms with Crippen molar-refractivity contribution in [3.8, 4) is 0 Å². The van der Waals surface area contributed by atoms with Gasteiger partial charge in [-0.3, -0.25) is 4.18 Å². The van der Waals surface area contributed by atoms with E-state index in [0.29, 0.717) is 0 Å². The monoisotopic (exact) mass is 268 g/mol. The van der Waals surface area contributed by atoms with Gasteiger partial charge in [-0.15, -0.1) is 0 Å². The van der Waals surface area contributed by atoms with Crippen molar-refractivity contribution in [3.05, 3.63) is 35.4 Å². The van der Waals surface area contributed by atoms with Crippen LogP contribution < -0.4 is 0 Å². The molecule has 18 heavy (non-hydrogen) atoms. The molecule has 4 heteroatoms. The summed E-state index contributed by atoms with van der Waals surface area (Å²) in [5.74, 6) is 0.202. The zero-order valence-electron chi connectivity index (χ0n) is 10.9. The van der Waals surface area contributed by atoms with E-state index < -0.39 is 10.1 Å². The molecule has 0 unspecified atom stereocenters. The Morgan fingerprint density at radius 3 is 2.61 bits per heavy atom. The molecule has 0 aliphatic heterocycles. The Balaban J connectivity index is 2.22. The van der Waals surface area contributed by atoms with Crippen LogP contribution in [-0.2, 0) is 14.3 Å². The Morgan fingerprint density at radius 1 is 1.22 bits per heavy atom. The first-order valence-electron chi connectivity index (χ1n) is 6.40. The second kappa shape index (κ2) is 5.41. The summed E-state index contributed by atoms with van der Waals surface area (Å²) in [5, 5.41) is 0. The standard InChI is InChI=1S/C14H20O3S/c1-11-6-5-7-12(10-11)13-8-3-4-9-14(13)17-18(2,15)16/h5-7,10,13-14H,3-4,8-9H2,1-2H3/t13-,14+/m1/s1. The van der Waals surface area contributed by atoms with Crippen LogP contribution in [0.1, 0.15) is 42.7 Å². The topological polar surface area (TPSA) is 43.4 Å². The van der Waals surface area contributed by atoms with Crippen molar-refractivity contribution in [1.29, 1.82) is 0 Å². The molecule has 0 amide bonds. The molecule has 1 aliphatic rings. The van der Waals surface area contributed by atoms with Crippen molar-refractivity contribution in [2.24, 2.45) is 0 Å².